The van der Waals surface area contributed by atoms with Crippen LogP contribution in [0.15, 0.2) is 41.3 Å². The zero-order valence-corrected chi connectivity index (χ0v) is 17.6. The highest BCUT2D eigenvalue weighted by atomic mass is 35.5. The van der Waals surface area contributed by atoms with E-state index in [9.17, 15) is 9.59 Å². The number of methoxy groups -OCH3 is 1. The quantitative estimate of drug-likeness (QED) is 0.475. The number of imide groups is 1. The fourth-order valence-corrected chi connectivity index (χ4v) is 3.40. The van der Waals surface area contributed by atoms with Gasteiger partial charge in [0.15, 0.2) is 11.5 Å². The van der Waals surface area contributed by atoms with Crippen molar-refractivity contribution in [1.82, 2.24) is 5.32 Å². The second kappa shape index (κ2) is 9.71. The van der Waals surface area contributed by atoms with E-state index in [1.807, 2.05) is 25.1 Å². The number of hydrogen-bond acceptors (Lipinski definition) is 6. The number of halogens is 1. The molecule has 8 heteroatoms. The molecule has 1 aliphatic rings. The Bertz CT molecular complexity index is 960. The molecule has 0 atom stereocenters. The third-order valence-electron chi connectivity index (χ3n) is 4.07. The molecule has 1 heterocycles. The smallest absolute Gasteiger partial charge is 0.290 e. The average molecular weight is 434 g/mol. The van der Waals surface area contributed by atoms with Crippen molar-refractivity contribution in [2.75, 3.05) is 20.3 Å². The first-order valence-electron chi connectivity index (χ1n) is 8.91. The number of hydrogen-bond donors (Lipinski definition) is 1. The SMILES string of the molecule is COc1cc(C=C2SC(=O)NC2=O)ccc1OCCCOc1ccc(Cl)c(C)c1. The molecule has 2 aromatic carbocycles. The van der Waals surface area contributed by atoms with Crippen LogP contribution in [0.4, 0.5) is 4.79 Å². The minimum atomic E-state index is -0.393. The summed E-state index contributed by atoms with van der Waals surface area (Å²) in [5.41, 5.74) is 1.71. The molecule has 2 aromatic rings. The van der Waals surface area contributed by atoms with Crippen molar-refractivity contribution in [1.29, 1.82) is 0 Å². The Balaban J connectivity index is 1.53. The number of carbonyl (C=O) groups excluding carboxylic acids is 2. The van der Waals surface area contributed by atoms with Crippen LogP contribution in [0, 0.1) is 6.92 Å². The van der Waals surface area contributed by atoms with E-state index >= 15 is 0 Å². The first-order chi connectivity index (χ1) is 14.0. The normalized spacial score (nSPS) is 14.8. The highest BCUT2D eigenvalue weighted by molar-refractivity contribution is 8.18. The van der Waals surface area contributed by atoms with Crippen LogP contribution in [0.3, 0.4) is 0 Å². The Morgan fingerprint density at radius 3 is 2.55 bits per heavy atom. The number of nitrogens with one attached hydrogen (secondary N) is 1. The van der Waals surface area contributed by atoms with Crippen molar-refractivity contribution < 1.29 is 23.8 Å². The number of ether oxygens (including phenoxy) is 3. The number of amides is 2. The number of aryl methyl sites for hydroxylation is 1. The van der Waals surface area contributed by atoms with Gasteiger partial charge in [-0.3, -0.25) is 14.9 Å². The van der Waals surface area contributed by atoms with E-state index in [1.54, 1.807) is 31.4 Å². The summed E-state index contributed by atoms with van der Waals surface area (Å²) in [5.74, 6) is 1.52. The van der Waals surface area contributed by atoms with Crippen molar-refractivity contribution in [3.05, 3.63) is 57.5 Å². The molecule has 1 N–H and O–H groups in total. The molecule has 0 saturated carbocycles. The highest BCUT2D eigenvalue weighted by Crippen LogP contribution is 2.31. The Hall–Kier alpha value is -2.64. The van der Waals surface area contributed by atoms with Crippen molar-refractivity contribution in [2.45, 2.75) is 13.3 Å². The summed E-state index contributed by atoms with van der Waals surface area (Å²) >= 11 is 6.88. The second-order valence-electron chi connectivity index (χ2n) is 6.22. The predicted octanol–water partition coefficient (Wildman–Crippen LogP) is 4.83. The monoisotopic (exact) mass is 433 g/mol. The zero-order valence-electron chi connectivity index (χ0n) is 16.0. The molecule has 0 radical (unpaired) electrons. The third-order valence-corrected chi connectivity index (χ3v) is 5.31. The van der Waals surface area contributed by atoms with E-state index in [0.717, 1.165) is 28.6 Å². The first kappa shape index (κ1) is 21.1. The van der Waals surface area contributed by atoms with Crippen molar-refractivity contribution in [3.63, 3.8) is 0 Å². The van der Waals surface area contributed by atoms with E-state index in [-0.39, 0.29) is 5.24 Å². The van der Waals surface area contributed by atoms with Gasteiger partial charge in [0.2, 0.25) is 0 Å². The summed E-state index contributed by atoms with van der Waals surface area (Å²) in [4.78, 5) is 23.3. The summed E-state index contributed by atoms with van der Waals surface area (Å²) in [6, 6.07) is 10.9. The Kier molecular flexibility index (Phi) is 7.06. The molecule has 1 aliphatic heterocycles. The van der Waals surface area contributed by atoms with Crippen LogP contribution in [-0.2, 0) is 4.79 Å². The molecule has 0 bridgehead atoms. The molecule has 152 valence electrons. The van der Waals surface area contributed by atoms with E-state index in [1.165, 1.54) is 0 Å². The van der Waals surface area contributed by atoms with Crippen LogP contribution in [-0.4, -0.2) is 31.5 Å². The standard InChI is InChI=1S/C21H20ClNO5S/c1-13-10-15(5-6-16(13)22)27-8-3-9-28-17-7-4-14(11-18(17)26-2)12-19-20(24)23-21(25)29-19/h4-7,10-12H,3,8-9H2,1-2H3,(H,23,24,25). The molecule has 29 heavy (non-hydrogen) atoms. The van der Waals surface area contributed by atoms with Crippen LogP contribution in [0.1, 0.15) is 17.5 Å². The minimum absolute atomic E-state index is 0.348. The molecular weight excluding hydrogens is 414 g/mol. The van der Waals surface area contributed by atoms with E-state index < -0.39 is 5.91 Å². The van der Waals surface area contributed by atoms with Gasteiger partial charge in [0.25, 0.3) is 11.1 Å². The maximum absolute atomic E-state index is 11.7. The summed E-state index contributed by atoms with van der Waals surface area (Å²) in [6.45, 7) is 2.89. The fraction of sp³-hybridized carbons (Fsp3) is 0.238. The van der Waals surface area contributed by atoms with Gasteiger partial charge >= 0.3 is 0 Å². The molecule has 1 saturated heterocycles. The maximum Gasteiger partial charge on any atom is 0.290 e. The van der Waals surface area contributed by atoms with Crippen LogP contribution < -0.4 is 19.5 Å². The lowest BCUT2D eigenvalue weighted by molar-refractivity contribution is -0.115. The van der Waals surface area contributed by atoms with Crippen molar-refractivity contribution in [3.8, 4) is 17.2 Å². The lowest BCUT2D eigenvalue weighted by Crippen LogP contribution is -2.17. The Morgan fingerprint density at radius 2 is 1.86 bits per heavy atom. The topological polar surface area (TPSA) is 73.9 Å². The van der Waals surface area contributed by atoms with Gasteiger partial charge < -0.3 is 14.2 Å². The number of carbonyl (C=O) groups is 2. The Labute approximate surface area is 178 Å². The van der Waals surface area contributed by atoms with Gasteiger partial charge in [-0.2, -0.15) is 0 Å². The molecule has 6 nitrogen and oxygen atoms in total. The van der Waals surface area contributed by atoms with E-state index in [2.05, 4.69) is 5.32 Å². The van der Waals surface area contributed by atoms with E-state index in [0.29, 0.717) is 41.1 Å². The molecule has 0 unspecified atom stereocenters. The lowest BCUT2D eigenvalue weighted by Gasteiger charge is -2.12. The molecule has 1 fully saturated rings. The zero-order chi connectivity index (χ0) is 20.8. The van der Waals surface area contributed by atoms with Crippen molar-refractivity contribution in [2.24, 2.45) is 0 Å². The summed E-state index contributed by atoms with van der Waals surface area (Å²) in [5, 5.41) is 2.57. The Morgan fingerprint density at radius 1 is 1.07 bits per heavy atom. The van der Waals surface area contributed by atoms with Crippen molar-refractivity contribution >= 4 is 40.6 Å². The molecular formula is C21H20ClNO5S. The highest BCUT2D eigenvalue weighted by Gasteiger charge is 2.25. The third kappa shape index (κ3) is 5.68. The molecule has 0 aliphatic carbocycles. The predicted molar refractivity (Wildman–Crippen MR) is 114 cm³/mol. The molecule has 3 rings (SSSR count). The minimum Gasteiger partial charge on any atom is -0.493 e. The van der Waals surface area contributed by atoms with Gasteiger partial charge in [0.05, 0.1) is 25.2 Å². The molecule has 0 aromatic heterocycles. The number of thioether (sulfide) groups is 1. The van der Waals surface area contributed by atoms with Crippen LogP contribution >= 0.6 is 23.4 Å². The number of benzene rings is 2. The summed E-state index contributed by atoms with van der Waals surface area (Å²) in [6.07, 6.45) is 2.33. The van der Waals surface area contributed by atoms with Gasteiger partial charge in [0, 0.05) is 11.4 Å². The summed E-state index contributed by atoms with van der Waals surface area (Å²) in [7, 11) is 1.55. The molecule has 0 spiro atoms. The largest absolute Gasteiger partial charge is 0.493 e. The summed E-state index contributed by atoms with van der Waals surface area (Å²) < 4.78 is 16.9. The maximum atomic E-state index is 11.7. The lowest BCUT2D eigenvalue weighted by atomic mass is 10.2. The van der Waals surface area contributed by atoms with Gasteiger partial charge in [-0.15, -0.1) is 0 Å². The average Bonchev–Trinajstić information content (AvgIpc) is 3.01. The molecule has 2 amide bonds. The van der Waals surface area contributed by atoms with Crippen LogP contribution in [0.25, 0.3) is 6.08 Å². The number of rotatable bonds is 8. The van der Waals surface area contributed by atoms with E-state index in [4.69, 9.17) is 25.8 Å². The fourth-order valence-electron chi connectivity index (χ4n) is 2.60. The van der Waals surface area contributed by atoms with Gasteiger partial charge in [-0.25, -0.2) is 0 Å². The van der Waals surface area contributed by atoms with Crippen LogP contribution in [0.5, 0.6) is 17.2 Å². The first-order valence-corrected chi connectivity index (χ1v) is 10.1. The second-order valence-corrected chi connectivity index (χ2v) is 7.65. The van der Waals surface area contributed by atoms with Gasteiger partial charge in [0.1, 0.15) is 5.75 Å². The van der Waals surface area contributed by atoms with Gasteiger partial charge in [-0.1, -0.05) is 17.7 Å². The van der Waals surface area contributed by atoms with Gasteiger partial charge in [-0.05, 0) is 66.2 Å². The van der Waals surface area contributed by atoms with Crippen LogP contribution in [0.2, 0.25) is 5.02 Å².